The van der Waals surface area contributed by atoms with Crippen LogP contribution in [0.1, 0.15) is 12.3 Å². The lowest BCUT2D eigenvalue weighted by molar-refractivity contribution is 0.189. The first-order valence-electron chi connectivity index (χ1n) is 9.35. The standard InChI is InChI=1S/C21H19ClN4O3S/c1-28-11-5-10-26-20(27)16-8-2-3-9-17(16)23-21(26)30-13-18-24-19(25-29-18)14-6-4-7-15(22)12-14/h2-4,6-9,12H,5,10-11,13H2,1H3. The number of fused-ring (bicyclic) bond motifs is 1. The summed E-state index contributed by atoms with van der Waals surface area (Å²) in [5, 5.41) is 5.84. The molecule has 0 atom stereocenters. The Morgan fingerprint density at radius 1 is 1.17 bits per heavy atom. The Kier molecular flexibility index (Phi) is 6.47. The molecule has 0 saturated heterocycles. The minimum Gasteiger partial charge on any atom is -0.385 e. The summed E-state index contributed by atoms with van der Waals surface area (Å²) in [5.41, 5.74) is 1.38. The number of aromatic nitrogens is 4. The molecule has 2 heterocycles. The number of ether oxygens (including phenoxy) is 1. The van der Waals surface area contributed by atoms with Crippen LogP contribution < -0.4 is 5.56 Å². The van der Waals surface area contributed by atoms with E-state index < -0.39 is 0 Å². The Balaban J connectivity index is 1.59. The number of benzene rings is 2. The molecule has 30 heavy (non-hydrogen) atoms. The van der Waals surface area contributed by atoms with Gasteiger partial charge in [-0.2, -0.15) is 4.98 Å². The third kappa shape index (κ3) is 4.56. The largest absolute Gasteiger partial charge is 0.385 e. The molecule has 7 nitrogen and oxygen atoms in total. The number of halogens is 1. The third-order valence-electron chi connectivity index (χ3n) is 4.43. The van der Waals surface area contributed by atoms with Gasteiger partial charge in [0, 0.05) is 30.8 Å². The number of nitrogens with zero attached hydrogens (tertiary/aromatic N) is 4. The molecular formula is C21H19ClN4O3S. The van der Waals surface area contributed by atoms with Gasteiger partial charge in [-0.25, -0.2) is 4.98 Å². The van der Waals surface area contributed by atoms with Crippen molar-refractivity contribution in [3.8, 4) is 11.4 Å². The van der Waals surface area contributed by atoms with Crippen molar-refractivity contribution in [2.24, 2.45) is 0 Å². The first-order chi connectivity index (χ1) is 14.7. The number of hydrogen-bond donors (Lipinski definition) is 0. The highest BCUT2D eigenvalue weighted by atomic mass is 35.5. The van der Waals surface area contributed by atoms with Gasteiger partial charge in [0.1, 0.15) is 0 Å². The lowest BCUT2D eigenvalue weighted by Gasteiger charge is -2.12. The molecule has 0 aliphatic rings. The summed E-state index contributed by atoms with van der Waals surface area (Å²) < 4.78 is 12.2. The number of rotatable bonds is 8. The molecule has 0 unspecified atom stereocenters. The summed E-state index contributed by atoms with van der Waals surface area (Å²) in [6.45, 7) is 1.08. The second-order valence-electron chi connectivity index (χ2n) is 6.53. The quantitative estimate of drug-likeness (QED) is 0.227. The van der Waals surface area contributed by atoms with E-state index in [1.165, 1.54) is 11.8 Å². The summed E-state index contributed by atoms with van der Waals surface area (Å²) in [6.07, 6.45) is 0.712. The van der Waals surface area contributed by atoms with E-state index in [2.05, 4.69) is 15.1 Å². The summed E-state index contributed by atoms with van der Waals surface area (Å²) in [6, 6.07) is 14.6. The molecule has 154 valence electrons. The highest BCUT2D eigenvalue weighted by Crippen LogP contribution is 2.24. The Bertz CT molecular complexity index is 1220. The van der Waals surface area contributed by atoms with Gasteiger partial charge in [-0.15, -0.1) is 0 Å². The Morgan fingerprint density at radius 2 is 2.03 bits per heavy atom. The molecule has 4 rings (SSSR count). The highest BCUT2D eigenvalue weighted by Gasteiger charge is 2.14. The first-order valence-corrected chi connectivity index (χ1v) is 10.7. The molecular weight excluding hydrogens is 424 g/mol. The maximum Gasteiger partial charge on any atom is 0.262 e. The van der Waals surface area contributed by atoms with Crippen molar-refractivity contribution in [1.82, 2.24) is 19.7 Å². The summed E-state index contributed by atoms with van der Waals surface area (Å²) in [5.74, 6) is 1.31. The van der Waals surface area contributed by atoms with Crippen LogP contribution in [0.2, 0.25) is 5.02 Å². The van der Waals surface area contributed by atoms with Crippen LogP contribution in [0.25, 0.3) is 22.3 Å². The minimum absolute atomic E-state index is 0.0654. The number of hydrogen-bond acceptors (Lipinski definition) is 7. The van der Waals surface area contributed by atoms with Crippen molar-refractivity contribution in [3.05, 3.63) is 69.8 Å². The molecule has 4 aromatic rings. The molecule has 0 aliphatic carbocycles. The summed E-state index contributed by atoms with van der Waals surface area (Å²) in [7, 11) is 1.64. The number of methoxy groups -OCH3 is 1. The lowest BCUT2D eigenvalue weighted by Crippen LogP contribution is -2.24. The van der Waals surface area contributed by atoms with E-state index in [1.807, 2.05) is 30.3 Å². The molecule has 0 aliphatic heterocycles. The molecule has 0 bridgehead atoms. The van der Waals surface area contributed by atoms with Crippen molar-refractivity contribution >= 4 is 34.3 Å². The van der Waals surface area contributed by atoms with E-state index in [-0.39, 0.29) is 5.56 Å². The van der Waals surface area contributed by atoms with Crippen LogP contribution in [0, 0.1) is 0 Å². The first kappa shape index (κ1) is 20.6. The zero-order valence-corrected chi connectivity index (χ0v) is 17.8. The highest BCUT2D eigenvalue weighted by molar-refractivity contribution is 7.98. The van der Waals surface area contributed by atoms with Gasteiger partial charge in [0.05, 0.1) is 16.7 Å². The Morgan fingerprint density at radius 3 is 2.87 bits per heavy atom. The molecule has 0 fully saturated rings. The second-order valence-corrected chi connectivity index (χ2v) is 7.90. The molecule has 2 aromatic heterocycles. The van der Waals surface area contributed by atoms with Gasteiger partial charge >= 0.3 is 0 Å². The SMILES string of the molecule is COCCCn1c(SCc2nc(-c3cccc(Cl)c3)no2)nc2ccccc2c1=O. The van der Waals surface area contributed by atoms with Crippen LogP contribution in [-0.2, 0) is 17.0 Å². The molecule has 9 heteroatoms. The average molecular weight is 443 g/mol. The van der Waals surface area contributed by atoms with Crippen LogP contribution in [0.5, 0.6) is 0 Å². The fourth-order valence-electron chi connectivity index (χ4n) is 3.01. The summed E-state index contributed by atoms with van der Waals surface area (Å²) >= 11 is 7.42. The van der Waals surface area contributed by atoms with Gasteiger partial charge in [-0.1, -0.05) is 52.8 Å². The van der Waals surface area contributed by atoms with Crippen LogP contribution in [0.15, 0.2) is 63.0 Å². The van der Waals surface area contributed by atoms with Gasteiger partial charge < -0.3 is 9.26 Å². The van der Waals surface area contributed by atoms with Gasteiger partial charge in [0.2, 0.25) is 11.7 Å². The minimum atomic E-state index is -0.0654. The molecule has 0 saturated carbocycles. The normalized spacial score (nSPS) is 11.3. The predicted molar refractivity (Wildman–Crippen MR) is 117 cm³/mol. The van der Waals surface area contributed by atoms with Crippen molar-refractivity contribution in [3.63, 3.8) is 0 Å². The van der Waals surface area contributed by atoms with Gasteiger partial charge in [-0.3, -0.25) is 9.36 Å². The Labute approximate surface area is 182 Å². The van der Waals surface area contributed by atoms with Crippen LogP contribution in [0.4, 0.5) is 0 Å². The van der Waals surface area contributed by atoms with E-state index in [1.54, 1.807) is 29.9 Å². The average Bonchev–Trinajstić information content (AvgIpc) is 3.23. The van der Waals surface area contributed by atoms with Crippen molar-refractivity contribution < 1.29 is 9.26 Å². The number of thioether (sulfide) groups is 1. The van der Waals surface area contributed by atoms with Crippen molar-refractivity contribution in [2.45, 2.75) is 23.9 Å². The topological polar surface area (TPSA) is 83.0 Å². The van der Waals surface area contributed by atoms with E-state index in [0.29, 0.717) is 58.1 Å². The number of para-hydroxylation sites is 1. The third-order valence-corrected chi connectivity index (χ3v) is 5.63. The van der Waals surface area contributed by atoms with Gasteiger partial charge in [-0.05, 0) is 30.7 Å². The molecule has 0 radical (unpaired) electrons. The van der Waals surface area contributed by atoms with Gasteiger partial charge in [0.15, 0.2) is 5.16 Å². The van der Waals surface area contributed by atoms with E-state index in [9.17, 15) is 4.79 Å². The maximum atomic E-state index is 13.0. The van der Waals surface area contributed by atoms with E-state index in [0.717, 1.165) is 5.56 Å². The molecule has 0 N–H and O–H groups in total. The van der Waals surface area contributed by atoms with E-state index >= 15 is 0 Å². The molecule has 2 aromatic carbocycles. The van der Waals surface area contributed by atoms with E-state index in [4.69, 9.17) is 20.9 Å². The zero-order chi connectivity index (χ0) is 20.9. The second kappa shape index (κ2) is 9.42. The van der Waals surface area contributed by atoms with Crippen LogP contribution in [0.3, 0.4) is 0 Å². The fourth-order valence-corrected chi connectivity index (χ4v) is 4.06. The zero-order valence-electron chi connectivity index (χ0n) is 16.2. The van der Waals surface area contributed by atoms with Gasteiger partial charge in [0.25, 0.3) is 5.56 Å². The predicted octanol–water partition coefficient (Wildman–Crippen LogP) is 4.43. The maximum absolute atomic E-state index is 13.0. The van der Waals surface area contributed by atoms with Crippen molar-refractivity contribution in [1.29, 1.82) is 0 Å². The van der Waals surface area contributed by atoms with Crippen LogP contribution in [-0.4, -0.2) is 33.4 Å². The Hall–Kier alpha value is -2.68. The molecule has 0 amide bonds. The lowest BCUT2D eigenvalue weighted by atomic mass is 10.2. The monoisotopic (exact) mass is 442 g/mol. The van der Waals surface area contributed by atoms with Crippen molar-refractivity contribution in [2.75, 3.05) is 13.7 Å². The smallest absolute Gasteiger partial charge is 0.262 e. The fraction of sp³-hybridized carbons (Fsp3) is 0.238. The molecule has 0 spiro atoms. The summed E-state index contributed by atoms with van der Waals surface area (Å²) in [4.78, 5) is 22.1. The van der Waals surface area contributed by atoms with Crippen LogP contribution >= 0.6 is 23.4 Å².